The molecule has 0 unspecified atom stereocenters. The van der Waals surface area contributed by atoms with E-state index in [-0.39, 0.29) is 17.8 Å². The van der Waals surface area contributed by atoms with Crippen molar-refractivity contribution in [3.05, 3.63) is 53.0 Å². The lowest BCUT2D eigenvalue weighted by molar-refractivity contribution is -0.137. The van der Waals surface area contributed by atoms with Gasteiger partial charge in [0.25, 0.3) is 5.91 Å². The van der Waals surface area contributed by atoms with E-state index in [2.05, 4.69) is 4.98 Å². The monoisotopic (exact) mass is 445 g/mol. The lowest BCUT2D eigenvalue weighted by Crippen LogP contribution is -2.46. The molecule has 2 aromatic rings. The maximum absolute atomic E-state index is 14.2. The van der Waals surface area contributed by atoms with Crippen LogP contribution in [0.5, 0.6) is 0 Å². The van der Waals surface area contributed by atoms with Crippen LogP contribution in [0.25, 0.3) is 0 Å². The number of anilines is 2. The van der Waals surface area contributed by atoms with E-state index in [1.165, 1.54) is 32.2 Å². The Bertz CT molecular complexity index is 1100. The first-order valence-corrected chi connectivity index (χ1v) is 10.5. The Hall–Kier alpha value is -2.69. The number of aromatic nitrogens is 1. The summed E-state index contributed by atoms with van der Waals surface area (Å²) in [6.45, 7) is 3.00. The van der Waals surface area contributed by atoms with Crippen LogP contribution in [-0.4, -0.2) is 38.2 Å². The molecule has 1 aliphatic rings. The summed E-state index contributed by atoms with van der Waals surface area (Å²) in [6.07, 6.45) is -4.87. The van der Waals surface area contributed by atoms with Crippen LogP contribution in [0.2, 0.25) is 0 Å². The molecule has 0 aliphatic carbocycles. The lowest BCUT2D eigenvalue weighted by atomic mass is 10.1. The molecule has 11 heteroatoms. The summed E-state index contributed by atoms with van der Waals surface area (Å²) in [6, 6.07) is 4.16. The zero-order valence-electron chi connectivity index (χ0n) is 16.4. The largest absolute Gasteiger partial charge is 0.416 e. The van der Waals surface area contributed by atoms with E-state index in [0.717, 1.165) is 11.0 Å². The third-order valence-electron chi connectivity index (χ3n) is 4.80. The molecule has 1 saturated heterocycles. The van der Waals surface area contributed by atoms with Crippen molar-refractivity contribution in [2.45, 2.75) is 32.5 Å². The highest BCUT2D eigenvalue weighted by atomic mass is 32.2. The van der Waals surface area contributed by atoms with Gasteiger partial charge >= 0.3 is 6.18 Å². The van der Waals surface area contributed by atoms with Gasteiger partial charge in [-0.1, -0.05) is 6.07 Å². The first-order chi connectivity index (χ1) is 13.8. The van der Waals surface area contributed by atoms with Crippen LogP contribution in [-0.2, 0) is 21.0 Å². The number of halogens is 4. The third kappa shape index (κ3) is 4.11. The van der Waals surface area contributed by atoms with Gasteiger partial charge in [-0.2, -0.15) is 13.2 Å². The molecule has 1 amide bonds. The third-order valence-corrected chi connectivity index (χ3v) is 6.60. The molecular weight excluding hydrogens is 426 g/mol. The van der Waals surface area contributed by atoms with E-state index >= 15 is 0 Å². The number of alkyl halides is 3. The summed E-state index contributed by atoms with van der Waals surface area (Å²) in [5, 5.41) is 0. The maximum atomic E-state index is 14.2. The Morgan fingerprint density at radius 1 is 1.20 bits per heavy atom. The molecule has 1 aromatic heterocycles. The van der Waals surface area contributed by atoms with E-state index in [0.29, 0.717) is 15.9 Å². The molecule has 1 fully saturated rings. The number of benzene rings is 1. The van der Waals surface area contributed by atoms with Gasteiger partial charge in [-0.05, 0) is 50.1 Å². The minimum atomic E-state index is -4.72. The normalized spacial score (nSPS) is 18.5. The van der Waals surface area contributed by atoms with Crippen LogP contribution in [0.1, 0.15) is 23.2 Å². The Balaban J connectivity index is 2.05. The number of likely N-dealkylation sites (N-methyl/N-ethyl adjacent to an activating group) is 1. The Kier molecular flexibility index (Phi) is 5.52. The first kappa shape index (κ1) is 22.0. The Labute approximate surface area is 171 Å². The van der Waals surface area contributed by atoms with Crippen molar-refractivity contribution < 1.29 is 30.8 Å². The SMILES string of the molecule is Cc1ccc(F)c(N(C)C(=O)[C@@H]2CCS(=O)(=O)N2c2cc(C(F)(F)F)cc(C)n2)c1. The van der Waals surface area contributed by atoms with Crippen LogP contribution >= 0.6 is 0 Å². The van der Waals surface area contributed by atoms with Gasteiger partial charge in [0.05, 0.1) is 17.0 Å². The summed E-state index contributed by atoms with van der Waals surface area (Å²) < 4.78 is 79.6. The predicted molar refractivity (Wildman–Crippen MR) is 103 cm³/mol. The van der Waals surface area contributed by atoms with Crippen molar-refractivity contribution >= 4 is 27.4 Å². The molecule has 30 heavy (non-hydrogen) atoms. The number of nitrogens with zero attached hydrogens (tertiary/aromatic N) is 3. The lowest BCUT2D eigenvalue weighted by Gasteiger charge is -2.28. The van der Waals surface area contributed by atoms with Gasteiger partial charge in [0.2, 0.25) is 10.0 Å². The van der Waals surface area contributed by atoms with Crippen LogP contribution in [0.15, 0.2) is 30.3 Å². The first-order valence-electron chi connectivity index (χ1n) is 8.93. The molecular formula is C19H19F4N3O3S. The molecule has 2 heterocycles. The molecule has 0 bridgehead atoms. The van der Waals surface area contributed by atoms with Crippen molar-refractivity contribution in [2.24, 2.45) is 0 Å². The van der Waals surface area contributed by atoms with E-state index < -0.39 is 51.1 Å². The molecule has 1 aliphatic heterocycles. The van der Waals surface area contributed by atoms with Crippen molar-refractivity contribution in [2.75, 3.05) is 22.0 Å². The highest BCUT2D eigenvalue weighted by molar-refractivity contribution is 7.93. The van der Waals surface area contributed by atoms with Crippen molar-refractivity contribution in [3.63, 3.8) is 0 Å². The van der Waals surface area contributed by atoms with Crippen molar-refractivity contribution in [3.8, 4) is 0 Å². The van der Waals surface area contributed by atoms with Crippen LogP contribution in [0, 0.1) is 19.7 Å². The van der Waals surface area contributed by atoms with Gasteiger partial charge in [0.15, 0.2) is 0 Å². The standard InChI is InChI=1S/C19H19F4N3O3S/c1-11-4-5-14(20)16(8-11)25(3)18(27)15-6-7-30(28,29)26(15)17-10-13(19(21,22)23)9-12(2)24-17/h4-5,8-10,15H,6-7H2,1-3H3/t15-/m0/s1. The fourth-order valence-electron chi connectivity index (χ4n) is 3.35. The zero-order valence-corrected chi connectivity index (χ0v) is 17.2. The van der Waals surface area contributed by atoms with Gasteiger partial charge < -0.3 is 4.90 Å². The molecule has 0 saturated carbocycles. The minimum Gasteiger partial charge on any atom is -0.311 e. The number of sulfonamides is 1. The van der Waals surface area contributed by atoms with Gasteiger partial charge in [0.1, 0.15) is 17.7 Å². The second kappa shape index (κ2) is 7.53. The predicted octanol–water partition coefficient (Wildman–Crippen LogP) is 3.43. The molecule has 6 nitrogen and oxygen atoms in total. The molecule has 1 aromatic carbocycles. The van der Waals surface area contributed by atoms with Crippen LogP contribution in [0.3, 0.4) is 0 Å². The summed E-state index contributed by atoms with van der Waals surface area (Å²) in [5.74, 6) is -2.38. The highest BCUT2D eigenvalue weighted by Crippen LogP contribution is 2.35. The Morgan fingerprint density at radius 3 is 2.50 bits per heavy atom. The summed E-state index contributed by atoms with van der Waals surface area (Å²) in [5.41, 5.74) is -0.503. The van der Waals surface area contributed by atoms with Crippen LogP contribution < -0.4 is 9.21 Å². The quantitative estimate of drug-likeness (QED) is 0.679. The Morgan fingerprint density at radius 2 is 1.87 bits per heavy atom. The minimum absolute atomic E-state index is 0.0498. The number of carbonyl (C=O) groups excluding carboxylic acids is 1. The van der Waals surface area contributed by atoms with Gasteiger partial charge in [-0.3, -0.25) is 4.79 Å². The van der Waals surface area contributed by atoms with Gasteiger partial charge in [-0.25, -0.2) is 22.1 Å². The van der Waals surface area contributed by atoms with E-state index in [1.54, 1.807) is 6.92 Å². The molecule has 0 spiro atoms. The van der Waals surface area contributed by atoms with E-state index in [9.17, 15) is 30.8 Å². The van der Waals surface area contributed by atoms with E-state index in [1.807, 2.05) is 0 Å². The molecule has 0 radical (unpaired) electrons. The number of pyridine rings is 1. The van der Waals surface area contributed by atoms with Gasteiger partial charge in [-0.15, -0.1) is 0 Å². The topological polar surface area (TPSA) is 70.6 Å². The highest BCUT2D eigenvalue weighted by Gasteiger charge is 2.45. The van der Waals surface area contributed by atoms with E-state index in [4.69, 9.17) is 0 Å². The van der Waals surface area contributed by atoms with Crippen LogP contribution in [0.4, 0.5) is 29.1 Å². The molecule has 3 rings (SSSR count). The van der Waals surface area contributed by atoms with Crippen molar-refractivity contribution in [1.29, 1.82) is 0 Å². The smallest absolute Gasteiger partial charge is 0.311 e. The second-order valence-electron chi connectivity index (χ2n) is 7.12. The molecule has 162 valence electrons. The number of amides is 1. The van der Waals surface area contributed by atoms with Crippen molar-refractivity contribution in [1.82, 2.24) is 4.98 Å². The summed E-state index contributed by atoms with van der Waals surface area (Å²) in [7, 11) is -2.80. The fourth-order valence-corrected chi connectivity index (χ4v) is 5.03. The average Bonchev–Trinajstić information content (AvgIpc) is 2.96. The summed E-state index contributed by atoms with van der Waals surface area (Å²) >= 11 is 0. The fraction of sp³-hybridized carbons (Fsp3) is 0.368. The number of hydrogen-bond donors (Lipinski definition) is 0. The average molecular weight is 445 g/mol. The number of carbonyl (C=O) groups is 1. The zero-order chi connectivity index (χ0) is 22.4. The maximum Gasteiger partial charge on any atom is 0.416 e. The second-order valence-corrected chi connectivity index (χ2v) is 9.09. The molecule has 0 N–H and O–H groups in total. The number of rotatable bonds is 3. The number of hydrogen-bond acceptors (Lipinski definition) is 4. The van der Waals surface area contributed by atoms with Gasteiger partial charge in [0, 0.05) is 12.7 Å². The summed E-state index contributed by atoms with van der Waals surface area (Å²) in [4.78, 5) is 17.9. The molecule has 1 atom stereocenters. The number of aryl methyl sites for hydroxylation is 2.